The monoisotopic (exact) mass is 588 g/mol. The van der Waals surface area contributed by atoms with Gasteiger partial charge in [-0.3, -0.25) is 9.59 Å². The molecule has 3 amide bonds. The first-order valence-corrected chi connectivity index (χ1v) is 13.1. The Balaban J connectivity index is 1.53. The number of carbonyl (C=O) groups is 3. The third kappa shape index (κ3) is 6.45. The Morgan fingerprint density at radius 3 is 2.30 bits per heavy atom. The molecule has 0 spiro atoms. The molecule has 2 N–H and O–H groups in total. The number of Topliss-reactive ketones (excluding diaryl/α,β-unsaturated/α-hetero) is 1. The summed E-state index contributed by atoms with van der Waals surface area (Å²) in [6.07, 6.45) is -6.44. The van der Waals surface area contributed by atoms with E-state index >= 15 is 0 Å². The third-order valence-electron chi connectivity index (χ3n) is 6.75. The van der Waals surface area contributed by atoms with Crippen LogP contribution in [0.4, 0.5) is 33.7 Å². The van der Waals surface area contributed by atoms with Gasteiger partial charge in [0.15, 0.2) is 5.78 Å². The minimum atomic E-state index is -4.85. The predicted octanol–water partition coefficient (Wildman–Crippen LogP) is 6.37. The van der Waals surface area contributed by atoms with E-state index in [1.807, 2.05) is 0 Å². The lowest BCUT2D eigenvalue weighted by atomic mass is 9.99. The molecule has 0 aliphatic carbocycles. The van der Waals surface area contributed by atoms with Crippen LogP contribution >= 0.6 is 0 Å². The summed E-state index contributed by atoms with van der Waals surface area (Å²) >= 11 is 0. The van der Waals surface area contributed by atoms with Crippen molar-refractivity contribution < 1.29 is 31.9 Å². The number of para-hydroxylation sites is 1. The van der Waals surface area contributed by atoms with Gasteiger partial charge in [-0.2, -0.15) is 13.2 Å². The van der Waals surface area contributed by atoms with Crippen LogP contribution in [0.15, 0.2) is 102 Å². The molecule has 0 fully saturated rings. The number of urea groups is 1. The number of ketones is 1. The smallest absolute Gasteiger partial charge is 0.308 e. The Morgan fingerprint density at radius 2 is 1.58 bits per heavy atom. The zero-order valence-electron chi connectivity index (χ0n) is 22.7. The first-order valence-electron chi connectivity index (χ1n) is 13.1. The molecule has 0 bridgehead atoms. The van der Waals surface area contributed by atoms with Crippen molar-refractivity contribution in [3.63, 3.8) is 0 Å². The van der Waals surface area contributed by atoms with Crippen molar-refractivity contribution in [2.24, 2.45) is 4.99 Å². The summed E-state index contributed by atoms with van der Waals surface area (Å²) in [4.78, 5) is 46.2. The molecule has 1 heterocycles. The van der Waals surface area contributed by atoms with Gasteiger partial charge in [-0.05, 0) is 36.8 Å². The molecule has 1 aliphatic heterocycles. The number of aliphatic imine (C=N–C) groups is 1. The van der Waals surface area contributed by atoms with E-state index in [9.17, 15) is 31.9 Å². The van der Waals surface area contributed by atoms with E-state index in [2.05, 4.69) is 15.6 Å². The number of hydrogen-bond donors (Lipinski definition) is 2. The molecule has 0 saturated heterocycles. The van der Waals surface area contributed by atoms with Crippen LogP contribution < -0.4 is 15.5 Å². The number of alkyl halides is 3. The third-order valence-corrected chi connectivity index (χ3v) is 6.75. The largest absolute Gasteiger partial charge is 0.416 e. The van der Waals surface area contributed by atoms with E-state index in [4.69, 9.17) is 0 Å². The van der Waals surface area contributed by atoms with E-state index in [0.717, 1.165) is 0 Å². The first kappa shape index (κ1) is 29.2. The van der Waals surface area contributed by atoms with Crippen molar-refractivity contribution in [3.05, 3.63) is 131 Å². The number of aryl methyl sites for hydroxylation is 1. The second-order valence-electron chi connectivity index (χ2n) is 9.75. The van der Waals surface area contributed by atoms with Crippen molar-refractivity contribution in [1.29, 1.82) is 0 Å². The van der Waals surface area contributed by atoms with Crippen molar-refractivity contribution in [3.8, 4) is 0 Å². The summed E-state index contributed by atoms with van der Waals surface area (Å²) in [6, 6.07) is 23.1. The second-order valence-corrected chi connectivity index (χ2v) is 9.75. The average molecular weight is 589 g/mol. The number of benzodiazepines with no additional fused rings is 1. The van der Waals surface area contributed by atoms with Gasteiger partial charge < -0.3 is 15.5 Å². The normalized spacial score (nSPS) is 14.8. The number of nitrogens with zero attached hydrogens (tertiary/aromatic N) is 2. The number of benzene rings is 4. The number of fused-ring (bicyclic) bond motifs is 1. The van der Waals surface area contributed by atoms with Crippen LogP contribution in [-0.2, 0) is 11.0 Å². The molecule has 43 heavy (non-hydrogen) atoms. The highest BCUT2D eigenvalue weighted by Crippen LogP contribution is 2.32. The lowest BCUT2D eigenvalue weighted by molar-refractivity contribution is -0.137. The van der Waals surface area contributed by atoms with Crippen LogP contribution in [-0.4, -0.2) is 36.1 Å². The number of amides is 3. The van der Waals surface area contributed by atoms with Crippen molar-refractivity contribution in [2.75, 3.05) is 16.8 Å². The molecule has 7 nitrogen and oxygen atoms in total. The van der Waals surface area contributed by atoms with Gasteiger partial charge in [0.05, 0.1) is 23.5 Å². The van der Waals surface area contributed by atoms with Crippen LogP contribution in [0.5, 0.6) is 0 Å². The standard InChI is InChI=1S/C32H24F4N4O3/c1-19-9-5-6-12-24(19)27(41)18-40-26-14-8-7-13-25(26)28(20-10-3-2-4-11-20)38-29(30(40)42)39-31(43)37-23-16-21(32(34,35)36)15-22(33)17-23/h2-17,29H,18H2,1H3,(H2,37,39,43)/t29-/m1/s1. The Bertz CT molecular complexity index is 1740. The molecule has 4 aromatic rings. The lowest BCUT2D eigenvalue weighted by Crippen LogP contribution is -2.50. The summed E-state index contributed by atoms with van der Waals surface area (Å²) in [6.45, 7) is 1.39. The minimum Gasteiger partial charge on any atom is -0.308 e. The molecule has 1 aliphatic rings. The summed E-state index contributed by atoms with van der Waals surface area (Å²) in [5.74, 6) is -2.32. The van der Waals surface area contributed by atoms with Crippen LogP contribution in [0, 0.1) is 12.7 Å². The topological polar surface area (TPSA) is 90.9 Å². The Kier molecular flexibility index (Phi) is 8.07. The Morgan fingerprint density at radius 1 is 0.907 bits per heavy atom. The van der Waals surface area contributed by atoms with Gasteiger partial charge in [-0.25, -0.2) is 14.2 Å². The van der Waals surface area contributed by atoms with E-state index in [0.29, 0.717) is 51.9 Å². The number of halogens is 4. The maximum atomic E-state index is 14.0. The SMILES string of the molecule is Cc1ccccc1C(=O)CN1C(=O)[C@@H](NC(=O)Nc2cc(F)cc(C(F)(F)F)c2)N=C(c2ccccc2)c2ccccc21. The Labute approximate surface area is 243 Å². The molecule has 0 saturated carbocycles. The molecule has 1 atom stereocenters. The fraction of sp³-hybridized carbons (Fsp3) is 0.125. The summed E-state index contributed by atoms with van der Waals surface area (Å²) < 4.78 is 53.5. The van der Waals surface area contributed by atoms with E-state index in [1.165, 1.54) is 4.90 Å². The lowest BCUT2D eigenvalue weighted by Gasteiger charge is -2.25. The molecular weight excluding hydrogens is 564 g/mol. The van der Waals surface area contributed by atoms with Crippen LogP contribution in [0.2, 0.25) is 0 Å². The molecule has 4 aromatic carbocycles. The van der Waals surface area contributed by atoms with Gasteiger partial charge in [-0.15, -0.1) is 0 Å². The molecular formula is C32H24F4N4O3. The summed E-state index contributed by atoms with van der Waals surface area (Å²) in [5, 5.41) is 4.53. The molecule has 0 unspecified atom stereocenters. The number of carbonyl (C=O) groups excluding carboxylic acids is 3. The van der Waals surface area contributed by atoms with E-state index in [1.54, 1.807) is 85.8 Å². The van der Waals surface area contributed by atoms with E-state index < -0.39 is 41.3 Å². The van der Waals surface area contributed by atoms with Crippen LogP contribution in [0.1, 0.15) is 32.6 Å². The first-order chi connectivity index (χ1) is 20.5. The van der Waals surface area contributed by atoms with Gasteiger partial charge in [0.2, 0.25) is 6.17 Å². The highest BCUT2D eigenvalue weighted by atomic mass is 19.4. The van der Waals surface area contributed by atoms with Crippen molar-refractivity contribution in [1.82, 2.24) is 5.32 Å². The molecule has 11 heteroatoms. The number of anilines is 2. The van der Waals surface area contributed by atoms with Gasteiger partial charge >= 0.3 is 12.2 Å². The van der Waals surface area contributed by atoms with Gasteiger partial charge in [-0.1, -0.05) is 72.8 Å². The van der Waals surface area contributed by atoms with Crippen LogP contribution in [0.3, 0.4) is 0 Å². The molecule has 218 valence electrons. The number of hydrogen-bond acceptors (Lipinski definition) is 4. The summed E-state index contributed by atoms with van der Waals surface area (Å²) in [5.41, 5.74) is 1.20. The van der Waals surface area contributed by atoms with Crippen molar-refractivity contribution >= 4 is 34.8 Å². The minimum absolute atomic E-state index is 0.300. The highest BCUT2D eigenvalue weighted by molar-refractivity contribution is 6.21. The zero-order valence-corrected chi connectivity index (χ0v) is 22.7. The maximum absolute atomic E-state index is 14.0. The molecule has 0 radical (unpaired) electrons. The van der Waals surface area contributed by atoms with Crippen LogP contribution in [0.25, 0.3) is 0 Å². The van der Waals surface area contributed by atoms with Crippen molar-refractivity contribution in [2.45, 2.75) is 19.3 Å². The number of rotatable bonds is 6. The van der Waals surface area contributed by atoms with E-state index in [-0.39, 0.29) is 12.3 Å². The second kappa shape index (κ2) is 11.9. The zero-order chi connectivity index (χ0) is 30.7. The fourth-order valence-corrected chi connectivity index (χ4v) is 4.74. The van der Waals surface area contributed by atoms with Gasteiger partial charge in [0.25, 0.3) is 5.91 Å². The molecule has 0 aromatic heterocycles. The van der Waals surface area contributed by atoms with Gasteiger partial charge in [0.1, 0.15) is 5.82 Å². The molecule has 5 rings (SSSR count). The predicted molar refractivity (Wildman–Crippen MR) is 154 cm³/mol. The fourth-order valence-electron chi connectivity index (χ4n) is 4.74. The van der Waals surface area contributed by atoms with Gasteiger partial charge in [0, 0.05) is 22.4 Å². The summed E-state index contributed by atoms with van der Waals surface area (Å²) in [7, 11) is 0. The quantitative estimate of drug-likeness (QED) is 0.203. The average Bonchev–Trinajstić information content (AvgIpc) is 3.08. The number of nitrogens with one attached hydrogen (secondary N) is 2. The highest BCUT2D eigenvalue weighted by Gasteiger charge is 2.35. The Hall–Kier alpha value is -5.32. The maximum Gasteiger partial charge on any atom is 0.416 e.